The number of nitrogens with zero attached hydrogens (tertiary/aromatic N) is 6. The zero-order valence-corrected chi connectivity index (χ0v) is 21.1. The van der Waals surface area contributed by atoms with Crippen LogP contribution in [0, 0.1) is 12.8 Å². The second kappa shape index (κ2) is 9.93. The molecule has 1 aromatic carbocycles. The van der Waals surface area contributed by atoms with Gasteiger partial charge in [-0.1, -0.05) is 24.4 Å². The lowest BCUT2D eigenvalue weighted by atomic mass is 10.1. The minimum Gasteiger partial charge on any atom is -0.369 e. The second-order valence-corrected chi connectivity index (χ2v) is 10.0. The predicted molar refractivity (Wildman–Crippen MR) is 131 cm³/mol. The summed E-state index contributed by atoms with van der Waals surface area (Å²) >= 11 is 5.98. The molecule has 2 aromatic heterocycles. The zero-order chi connectivity index (χ0) is 26.3. The molecular weight excluding hydrogens is 511 g/mol. The topological polar surface area (TPSA) is 117 Å². The first kappa shape index (κ1) is 25.5. The number of piperazine rings is 1. The number of benzene rings is 1. The number of anilines is 2. The third kappa shape index (κ3) is 5.42. The number of halogens is 4. The molecule has 3 N–H and O–H groups in total. The summed E-state index contributed by atoms with van der Waals surface area (Å²) in [7, 11) is 0. The van der Waals surface area contributed by atoms with Crippen LogP contribution in [0.2, 0.25) is 5.02 Å². The molecule has 37 heavy (non-hydrogen) atoms. The Morgan fingerprint density at radius 1 is 1.32 bits per heavy atom. The minimum absolute atomic E-state index is 0.0939. The summed E-state index contributed by atoms with van der Waals surface area (Å²) < 4.78 is 41.5. The molecule has 1 amide bonds. The summed E-state index contributed by atoms with van der Waals surface area (Å²) in [6.07, 6.45) is -2.54. The van der Waals surface area contributed by atoms with Gasteiger partial charge in [-0.3, -0.25) is 9.48 Å². The molecule has 3 aromatic rings. The predicted octanol–water partition coefficient (Wildman–Crippen LogP) is 3.82. The van der Waals surface area contributed by atoms with E-state index in [2.05, 4.69) is 48.2 Å². The summed E-state index contributed by atoms with van der Waals surface area (Å²) in [4.78, 5) is 15.8. The van der Waals surface area contributed by atoms with E-state index in [0.29, 0.717) is 23.7 Å². The lowest BCUT2D eigenvalue weighted by Gasteiger charge is -2.34. The Morgan fingerprint density at radius 3 is 2.73 bits per heavy atom. The molecule has 1 saturated heterocycles. The molecule has 14 heteroatoms. The molecule has 1 aliphatic carbocycles. The van der Waals surface area contributed by atoms with Crippen molar-refractivity contribution in [3.8, 4) is 11.4 Å². The number of aromatic nitrogens is 6. The smallest absolute Gasteiger partial charge is 0.369 e. The van der Waals surface area contributed by atoms with Gasteiger partial charge in [-0.05, 0) is 49.6 Å². The van der Waals surface area contributed by atoms with E-state index in [-0.39, 0.29) is 17.4 Å². The van der Waals surface area contributed by atoms with Crippen molar-refractivity contribution in [1.29, 1.82) is 0 Å². The average Bonchev–Trinajstić information content (AvgIpc) is 3.40. The van der Waals surface area contributed by atoms with Gasteiger partial charge in [0, 0.05) is 36.9 Å². The molecule has 1 aliphatic heterocycles. The van der Waals surface area contributed by atoms with E-state index in [1.54, 1.807) is 6.07 Å². The monoisotopic (exact) mass is 537 g/mol. The number of alkyl halides is 3. The summed E-state index contributed by atoms with van der Waals surface area (Å²) in [5.74, 6) is 0.0362. The van der Waals surface area contributed by atoms with Crippen molar-refractivity contribution >= 4 is 28.9 Å². The number of nitrogens with one attached hydrogen (secondary N) is 3. The summed E-state index contributed by atoms with van der Waals surface area (Å²) in [5, 5.41) is 23.8. The quantitative estimate of drug-likeness (QED) is 0.419. The maximum Gasteiger partial charge on any atom is 0.436 e. The molecule has 2 aliphatic rings. The second-order valence-electron chi connectivity index (χ2n) is 9.64. The molecule has 0 radical (unpaired) electrons. The minimum atomic E-state index is -4.73. The highest BCUT2D eigenvalue weighted by Crippen LogP contribution is 2.41. The Bertz CT molecular complexity index is 1270. The van der Waals surface area contributed by atoms with Gasteiger partial charge in [0.05, 0.1) is 16.4 Å². The number of hydrogen-bond acceptors (Lipinski definition) is 7. The van der Waals surface area contributed by atoms with E-state index >= 15 is 0 Å². The first-order valence-corrected chi connectivity index (χ1v) is 12.5. The fourth-order valence-corrected chi connectivity index (χ4v) is 4.88. The van der Waals surface area contributed by atoms with Gasteiger partial charge in [0.2, 0.25) is 11.7 Å². The molecule has 5 rings (SSSR count). The van der Waals surface area contributed by atoms with Gasteiger partial charge in [-0.15, -0.1) is 10.2 Å². The number of amides is 1. The first-order valence-electron chi connectivity index (χ1n) is 12.1. The van der Waals surface area contributed by atoms with Crippen molar-refractivity contribution in [3.05, 3.63) is 34.6 Å². The van der Waals surface area contributed by atoms with Crippen LogP contribution in [0.25, 0.3) is 11.4 Å². The zero-order valence-electron chi connectivity index (χ0n) is 20.3. The van der Waals surface area contributed by atoms with Crippen molar-refractivity contribution in [1.82, 2.24) is 35.7 Å². The Balaban J connectivity index is 1.47. The van der Waals surface area contributed by atoms with Crippen molar-refractivity contribution in [2.24, 2.45) is 5.92 Å². The maximum atomic E-state index is 13.6. The highest BCUT2D eigenvalue weighted by atomic mass is 35.5. The van der Waals surface area contributed by atoms with Crippen LogP contribution in [0.1, 0.15) is 43.6 Å². The van der Waals surface area contributed by atoms with Crippen LogP contribution in [0.15, 0.2) is 18.2 Å². The van der Waals surface area contributed by atoms with Crippen molar-refractivity contribution < 1.29 is 18.0 Å². The van der Waals surface area contributed by atoms with E-state index in [1.165, 1.54) is 6.92 Å². The average molecular weight is 538 g/mol. The van der Waals surface area contributed by atoms with Gasteiger partial charge in [0.25, 0.3) is 0 Å². The molecule has 0 unspecified atom stereocenters. The number of carbonyl (C=O) groups excluding carboxylic acids is 1. The van der Waals surface area contributed by atoms with E-state index in [9.17, 15) is 18.0 Å². The molecule has 2 fully saturated rings. The largest absolute Gasteiger partial charge is 0.436 e. The van der Waals surface area contributed by atoms with Crippen LogP contribution in [-0.2, 0) is 11.0 Å². The van der Waals surface area contributed by atoms with E-state index in [0.717, 1.165) is 42.8 Å². The van der Waals surface area contributed by atoms with Gasteiger partial charge in [-0.25, -0.2) is 0 Å². The normalized spacial score (nSPS) is 19.2. The van der Waals surface area contributed by atoms with Crippen molar-refractivity contribution in [2.45, 2.75) is 51.4 Å². The summed E-state index contributed by atoms with van der Waals surface area (Å²) in [6.45, 7) is 6.00. The summed E-state index contributed by atoms with van der Waals surface area (Å²) in [5.41, 5.74) is 0.803. The number of H-pyrrole nitrogens is 1. The molecule has 198 valence electrons. The molecule has 2 atom stereocenters. The van der Waals surface area contributed by atoms with Crippen LogP contribution in [0.3, 0.4) is 0 Å². The van der Waals surface area contributed by atoms with Crippen molar-refractivity contribution in [3.63, 3.8) is 0 Å². The van der Waals surface area contributed by atoms with Crippen molar-refractivity contribution in [2.75, 3.05) is 29.9 Å². The van der Waals surface area contributed by atoms with E-state index in [1.807, 2.05) is 12.1 Å². The lowest BCUT2D eigenvalue weighted by molar-refractivity contribution is -0.141. The molecule has 1 saturated carbocycles. The highest BCUT2D eigenvalue weighted by molar-refractivity contribution is 6.32. The maximum absolute atomic E-state index is 13.6. The van der Waals surface area contributed by atoms with Crippen LogP contribution in [0.5, 0.6) is 0 Å². The first-order chi connectivity index (χ1) is 17.6. The Morgan fingerprint density at radius 2 is 2.11 bits per heavy atom. The van der Waals surface area contributed by atoms with Gasteiger partial charge in [0.1, 0.15) is 6.04 Å². The van der Waals surface area contributed by atoms with Gasteiger partial charge >= 0.3 is 6.18 Å². The fourth-order valence-electron chi connectivity index (χ4n) is 4.65. The molecule has 0 spiro atoms. The Kier molecular flexibility index (Phi) is 6.84. The number of hydrogen-bond donors (Lipinski definition) is 3. The van der Waals surface area contributed by atoms with Gasteiger partial charge in [-0.2, -0.15) is 23.5 Å². The highest BCUT2D eigenvalue weighted by Gasteiger charge is 2.41. The van der Waals surface area contributed by atoms with Gasteiger partial charge < -0.3 is 15.5 Å². The van der Waals surface area contributed by atoms with E-state index in [4.69, 9.17) is 11.6 Å². The molecule has 0 bridgehead atoms. The van der Waals surface area contributed by atoms with Crippen LogP contribution in [-0.4, -0.2) is 62.0 Å². The SMILES string of the molecule is Cc1c(Cl)c(C(F)(F)F)nn1[C@@H](CC1CC1)C(=O)Nc1ccc(N2CCN[C@@H](C)C2)cc1-c1nn[nH]n1. The third-order valence-electron chi connectivity index (χ3n) is 6.78. The third-order valence-corrected chi connectivity index (χ3v) is 7.23. The van der Waals surface area contributed by atoms with Crippen LogP contribution in [0.4, 0.5) is 24.5 Å². The standard InChI is InChI=1S/C23H27ClF3N9O/c1-12-11-35(8-7-28-12)15-5-6-17(16(10-15)21-30-33-34-31-21)29-22(37)18(9-14-3-4-14)36-13(2)19(24)20(32-36)23(25,26)27/h5-6,10,12,14,18,28H,3-4,7-9,11H2,1-2H3,(H,29,37)(H,30,31,33,34)/t12-,18-/m0/s1. The molecular formula is C23H27ClF3N9O. The Hall–Kier alpha value is -3.19. The number of tetrazole rings is 1. The molecule has 10 nitrogen and oxygen atoms in total. The summed E-state index contributed by atoms with van der Waals surface area (Å²) in [6, 6.07) is 4.88. The number of rotatable bonds is 7. The lowest BCUT2D eigenvalue weighted by Crippen LogP contribution is -2.49. The fraction of sp³-hybridized carbons (Fsp3) is 0.522. The van der Waals surface area contributed by atoms with Crippen LogP contribution < -0.4 is 15.5 Å². The number of carbonyl (C=O) groups is 1. The number of aromatic amines is 1. The van der Waals surface area contributed by atoms with Gasteiger partial charge in [0.15, 0.2) is 5.69 Å². The van der Waals surface area contributed by atoms with E-state index < -0.39 is 28.8 Å². The molecule has 3 heterocycles. The Labute approximate surface area is 215 Å². The van der Waals surface area contributed by atoms with Crippen LogP contribution >= 0.6 is 11.6 Å².